The number of ether oxygens (including phenoxy) is 1. The highest BCUT2D eigenvalue weighted by molar-refractivity contribution is 5.75. The first-order valence-electron chi connectivity index (χ1n) is 5.92. The van der Waals surface area contributed by atoms with Gasteiger partial charge in [-0.1, -0.05) is 12.1 Å². The van der Waals surface area contributed by atoms with E-state index in [2.05, 4.69) is 11.4 Å². The molecule has 1 aromatic rings. The van der Waals surface area contributed by atoms with Crippen molar-refractivity contribution in [3.63, 3.8) is 0 Å². The zero-order chi connectivity index (χ0) is 14.1. The van der Waals surface area contributed by atoms with Crippen LogP contribution in [0, 0.1) is 11.3 Å². The van der Waals surface area contributed by atoms with Gasteiger partial charge in [-0.15, -0.1) is 0 Å². The van der Waals surface area contributed by atoms with E-state index in [0.29, 0.717) is 18.7 Å². The molecule has 0 radical (unpaired) electrons. The monoisotopic (exact) mass is 263 g/mol. The summed E-state index contributed by atoms with van der Waals surface area (Å²) in [5, 5.41) is 20.8. The fourth-order valence-corrected chi connectivity index (χ4v) is 1.47. The van der Waals surface area contributed by atoms with Crippen LogP contribution in [0.3, 0.4) is 0 Å². The van der Waals surface area contributed by atoms with Crippen molar-refractivity contribution in [2.24, 2.45) is 5.73 Å². The molecule has 6 heteroatoms. The smallest absolute Gasteiger partial charge is 0.255 e. The average Bonchev–Trinajstić information content (AvgIpc) is 2.42. The molecule has 0 aliphatic heterocycles. The predicted octanol–water partition coefficient (Wildman–Crippen LogP) is 0.0874. The van der Waals surface area contributed by atoms with Gasteiger partial charge in [-0.25, -0.2) is 0 Å². The molecule has 6 nitrogen and oxygen atoms in total. The summed E-state index contributed by atoms with van der Waals surface area (Å²) >= 11 is 0. The number of carbonyl (C=O) groups excluding carboxylic acids is 1. The van der Waals surface area contributed by atoms with E-state index in [1.54, 1.807) is 24.3 Å². The predicted molar refractivity (Wildman–Crippen MR) is 69.2 cm³/mol. The molecule has 1 amide bonds. The molecule has 1 unspecified atom stereocenters. The van der Waals surface area contributed by atoms with Gasteiger partial charge < -0.3 is 15.6 Å². The van der Waals surface area contributed by atoms with Crippen molar-refractivity contribution < 1.29 is 14.6 Å². The van der Waals surface area contributed by atoms with Crippen LogP contribution in [0.5, 0.6) is 5.75 Å². The number of rotatable bonds is 8. The first-order chi connectivity index (χ1) is 9.17. The van der Waals surface area contributed by atoms with Crippen molar-refractivity contribution >= 4 is 5.91 Å². The third-order valence-corrected chi connectivity index (χ3v) is 2.41. The Hall–Kier alpha value is -2.10. The van der Waals surface area contributed by atoms with Crippen molar-refractivity contribution in [2.45, 2.75) is 12.5 Å². The molecule has 0 fully saturated rings. The Morgan fingerprint density at radius 1 is 1.47 bits per heavy atom. The Bertz CT molecular complexity index is 439. The molecule has 1 atom stereocenters. The van der Waals surface area contributed by atoms with Gasteiger partial charge in [-0.3, -0.25) is 10.1 Å². The van der Waals surface area contributed by atoms with Crippen LogP contribution >= 0.6 is 0 Å². The summed E-state index contributed by atoms with van der Waals surface area (Å²) < 4.78 is 5.12. The summed E-state index contributed by atoms with van der Waals surface area (Å²) in [6.45, 7) is 0.482. The summed E-state index contributed by atoms with van der Waals surface area (Å²) in [6.07, 6.45) is 0.595. The SMILES string of the molecule is N#CC(NCCCO)c1ccc(OCC(N)=O)cc1. The lowest BCUT2D eigenvalue weighted by molar-refractivity contribution is -0.119. The van der Waals surface area contributed by atoms with Crippen molar-refractivity contribution in [2.75, 3.05) is 19.8 Å². The number of nitrogens with zero attached hydrogens (tertiary/aromatic N) is 1. The molecule has 102 valence electrons. The average molecular weight is 263 g/mol. The minimum absolute atomic E-state index is 0.0883. The Morgan fingerprint density at radius 3 is 2.68 bits per heavy atom. The summed E-state index contributed by atoms with van der Waals surface area (Å²) in [5.74, 6) is -0.0146. The van der Waals surface area contributed by atoms with Gasteiger partial charge in [0.25, 0.3) is 5.91 Å². The molecule has 0 aliphatic carbocycles. The fourth-order valence-electron chi connectivity index (χ4n) is 1.47. The van der Waals surface area contributed by atoms with Crippen LogP contribution in [0.1, 0.15) is 18.0 Å². The van der Waals surface area contributed by atoms with E-state index in [0.717, 1.165) is 5.56 Å². The topological polar surface area (TPSA) is 108 Å². The van der Waals surface area contributed by atoms with Crippen LogP contribution in [-0.4, -0.2) is 30.8 Å². The van der Waals surface area contributed by atoms with E-state index in [9.17, 15) is 4.79 Å². The highest BCUT2D eigenvalue weighted by atomic mass is 16.5. The fraction of sp³-hybridized carbons (Fsp3) is 0.385. The number of carbonyl (C=O) groups is 1. The molecular weight excluding hydrogens is 246 g/mol. The number of aliphatic hydroxyl groups is 1. The Labute approximate surface area is 111 Å². The summed E-state index contributed by atoms with van der Waals surface area (Å²) in [4.78, 5) is 10.6. The first kappa shape index (κ1) is 15.0. The number of benzene rings is 1. The lowest BCUT2D eigenvalue weighted by atomic mass is 10.1. The third-order valence-electron chi connectivity index (χ3n) is 2.41. The normalized spacial score (nSPS) is 11.6. The summed E-state index contributed by atoms with van der Waals surface area (Å²) in [7, 11) is 0. The second-order valence-electron chi connectivity index (χ2n) is 3.92. The summed E-state index contributed by atoms with van der Waals surface area (Å²) in [5.41, 5.74) is 5.77. The van der Waals surface area contributed by atoms with Crippen molar-refractivity contribution in [3.05, 3.63) is 29.8 Å². The largest absolute Gasteiger partial charge is 0.484 e. The molecule has 1 aromatic carbocycles. The van der Waals surface area contributed by atoms with Crippen LogP contribution in [0.25, 0.3) is 0 Å². The third kappa shape index (κ3) is 5.38. The number of hydrogen-bond donors (Lipinski definition) is 3. The molecule has 4 N–H and O–H groups in total. The van der Waals surface area contributed by atoms with Crippen molar-refractivity contribution in [1.82, 2.24) is 5.32 Å². The molecule has 1 rings (SSSR count). The van der Waals surface area contributed by atoms with E-state index in [1.807, 2.05) is 0 Å². The van der Waals surface area contributed by atoms with E-state index in [1.165, 1.54) is 0 Å². The Morgan fingerprint density at radius 2 is 2.16 bits per heavy atom. The van der Waals surface area contributed by atoms with Gasteiger partial charge in [0.15, 0.2) is 6.61 Å². The molecular formula is C13H17N3O3. The second-order valence-corrected chi connectivity index (χ2v) is 3.92. The maximum absolute atomic E-state index is 10.6. The second kappa shape index (κ2) is 8.08. The first-order valence-corrected chi connectivity index (χ1v) is 5.92. The van der Waals surface area contributed by atoms with Gasteiger partial charge >= 0.3 is 0 Å². The molecule has 0 saturated heterocycles. The summed E-state index contributed by atoms with van der Waals surface area (Å²) in [6, 6.07) is 8.55. The standard InChI is InChI=1S/C13H17N3O3/c14-8-12(16-6-1-7-17)10-2-4-11(5-3-10)19-9-13(15)18/h2-5,12,16-17H,1,6-7,9H2,(H2,15,18). The minimum atomic E-state index is -0.537. The van der Waals surface area contributed by atoms with Crippen LogP contribution in [0.15, 0.2) is 24.3 Å². The van der Waals surface area contributed by atoms with Gasteiger partial charge in [0.2, 0.25) is 0 Å². The number of nitriles is 1. The molecule has 19 heavy (non-hydrogen) atoms. The number of nitrogens with two attached hydrogens (primary N) is 1. The van der Waals surface area contributed by atoms with Gasteiger partial charge in [-0.2, -0.15) is 5.26 Å². The number of hydrogen-bond acceptors (Lipinski definition) is 5. The molecule has 0 aromatic heterocycles. The van der Waals surface area contributed by atoms with Gasteiger partial charge in [0.05, 0.1) is 6.07 Å². The molecule has 0 aliphatic rings. The number of primary amides is 1. The molecule has 0 heterocycles. The lowest BCUT2D eigenvalue weighted by Crippen LogP contribution is -2.22. The lowest BCUT2D eigenvalue weighted by Gasteiger charge is -2.12. The molecule has 0 saturated carbocycles. The highest BCUT2D eigenvalue weighted by Crippen LogP contribution is 2.17. The van der Waals surface area contributed by atoms with E-state index in [4.69, 9.17) is 20.8 Å². The zero-order valence-corrected chi connectivity index (χ0v) is 10.5. The van der Waals surface area contributed by atoms with Gasteiger partial charge in [0, 0.05) is 6.61 Å². The molecule has 0 bridgehead atoms. The van der Waals surface area contributed by atoms with Crippen molar-refractivity contribution in [3.8, 4) is 11.8 Å². The van der Waals surface area contributed by atoms with E-state index >= 15 is 0 Å². The maximum Gasteiger partial charge on any atom is 0.255 e. The number of aliphatic hydroxyl groups excluding tert-OH is 1. The maximum atomic E-state index is 10.6. The van der Waals surface area contributed by atoms with Crippen LogP contribution < -0.4 is 15.8 Å². The number of amides is 1. The minimum Gasteiger partial charge on any atom is -0.484 e. The Balaban J connectivity index is 2.58. The quantitative estimate of drug-likeness (QED) is 0.576. The van der Waals surface area contributed by atoms with E-state index in [-0.39, 0.29) is 13.2 Å². The van der Waals surface area contributed by atoms with Gasteiger partial charge in [-0.05, 0) is 30.7 Å². The van der Waals surface area contributed by atoms with Gasteiger partial charge in [0.1, 0.15) is 11.8 Å². The Kier molecular flexibility index (Phi) is 6.36. The van der Waals surface area contributed by atoms with Crippen LogP contribution in [0.4, 0.5) is 0 Å². The van der Waals surface area contributed by atoms with Crippen LogP contribution in [-0.2, 0) is 4.79 Å². The van der Waals surface area contributed by atoms with E-state index < -0.39 is 11.9 Å². The molecule has 0 spiro atoms. The van der Waals surface area contributed by atoms with Crippen LogP contribution in [0.2, 0.25) is 0 Å². The number of nitrogens with one attached hydrogen (secondary N) is 1. The van der Waals surface area contributed by atoms with Crippen molar-refractivity contribution in [1.29, 1.82) is 5.26 Å². The zero-order valence-electron chi connectivity index (χ0n) is 10.5. The highest BCUT2D eigenvalue weighted by Gasteiger charge is 2.09.